The Hall–Kier alpha value is -4.70. The van der Waals surface area contributed by atoms with Gasteiger partial charge in [-0.1, -0.05) is 25.1 Å². The number of benzene rings is 4. The van der Waals surface area contributed by atoms with Crippen LogP contribution in [-0.2, 0) is 20.0 Å². The van der Waals surface area contributed by atoms with Crippen molar-refractivity contribution in [3.8, 4) is 5.75 Å². The summed E-state index contributed by atoms with van der Waals surface area (Å²) in [6, 6.07) is 21.6. The van der Waals surface area contributed by atoms with Gasteiger partial charge in [0, 0.05) is 11.8 Å². The molecule has 0 aliphatic carbocycles. The summed E-state index contributed by atoms with van der Waals surface area (Å²) >= 11 is 0. The number of rotatable bonds is 13. The van der Waals surface area contributed by atoms with Gasteiger partial charge in [0.25, 0.3) is 25.7 Å². The lowest BCUT2D eigenvalue weighted by Gasteiger charge is -2.11. The molecule has 15 heteroatoms. The molecule has 0 spiro atoms. The zero-order valence-corrected chi connectivity index (χ0v) is 25.2. The molecule has 0 fully saturated rings. The first-order valence-electron chi connectivity index (χ1n) is 13.2. The van der Waals surface area contributed by atoms with E-state index >= 15 is 0 Å². The van der Waals surface area contributed by atoms with Crippen LogP contribution in [0.1, 0.15) is 18.9 Å². The van der Waals surface area contributed by atoms with Crippen molar-refractivity contribution < 1.29 is 31.6 Å². The second-order valence-electron chi connectivity index (χ2n) is 9.53. The van der Waals surface area contributed by atoms with Gasteiger partial charge >= 0.3 is 0 Å². The Morgan fingerprint density at radius 2 is 1.57 bits per heavy atom. The Labute approximate surface area is 254 Å². The maximum atomic E-state index is 12.8. The number of ether oxygens (including phenoxy) is 1. The number of sulfonamides is 2. The number of nitro groups is 1. The van der Waals surface area contributed by atoms with Crippen LogP contribution in [0, 0.1) is 17.0 Å². The van der Waals surface area contributed by atoms with Gasteiger partial charge in [0.2, 0.25) is 0 Å². The third-order valence-corrected chi connectivity index (χ3v) is 9.77. The van der Waals surface area contributed by atoms with Crippen molar-refractivity contribution in [3.63, 3.8) is 0 Å². The molecule has 4 aromatic rings. The fraction of sp³-hybridized carbons (Fsp3) is 0.172. The maximum absolute atomic E-state index is 12.8. The van der Waals surface area contributed by atoms with Gasteiger partial charge < -0.3 is 15.2 Å². The Bertz CT molecular complexity index is 1880. The number of aryl methyl sites for hydroxylation is 1. The van der Waals surface area contributed by atoms with Crippen LogP contribution in [0.4, 0.5) is 28.4 Å². The Morgan fingerprint density at radius 3 is 2.20 bits per heavy atom. The van der Waals surface area contributed by atoms with Crippen molar-refractivity contribution >= 4 is 48.5 Å². The number of aliphatic hydroxyl groups excluding tert-OH is 1. The minimum atomic E-state index is -4.67. The number of anilines is 2. The van der Waals surface area contributed by atoms with Gasteiger partial charge in [-0.15, -0.1) is 4.13 Å². The van der Waals surface area contributed by atoms with Crippen molar-refractivity contribution in [2.24, 2.45) is 10.2 Å². The van der Waals surface area contributed by atoms with Crippen LogP contribution >= 0.6 is 0 Å². The molecule has 0 heterocycles. The summed E-state index contributed by atoms with van der Waals surface area (Å²) in [6.07, 6.45) is 0.0524. The van der Waals surface area contributed by atoms with E-state index in [1.54, 1.807) is 52.7 Å². The van der Waals surface area contributed by atoms with Crippen molar-refractivity contribution in [3.05, 3.63) is 107 Å². The fourth-order valence-corrected chi connectivity index (χ4v) is 6.75. The van der Waals surface area contributed by atoms with Crippen LogP contribution in [0.15, 0.2) is 111 Å². The molecule has 4 aromatic carbocycles. The normalized spacial score (nSPS) is 12.6. The molecule has 44 heavy (non-hydrogen) atoms. The zero-order chi connectivity index (χ0) is 31.9. The predicted molar refractivity (Wildman–Crippen MR) is 164 cm³/mol. The number of nitrogens with one attached hydrogen (secondary N) is 2. The first-order valence-corrected chi connectivity index (χ1v) is 16.2. The molecule has 0 radical (unpaired) electrons. The standard InChI is InChI=1S/C29H29N5O8S2/c1-3-23(35)19-42-24-13-15-27(20(2)17-24)32-31-22-11-9-21(10-12-22)30-28-16-14-26(18-29(28)34(36)37)44(40,41)33-43(38,39)25-7-5-4-6-8-25/h4-18,23,30,33,35H,3,19H2,1-2H3/t23-/m0/s1. The molecule has 0 saturated carbocycles. The topological polar surface area (TPSA) is 190 Å². The first kappa shape index (κ1) is 32.2. The average molecular weight is 640 g/mol. The highest BCUT2D eigenvalue weighted by Gasteiger charge is 2.27. The second-order valence-corrected chi connectivity index (χ2v) is 13.2. The molecule has 0 aromatic heterocycles. The van der Waals surface area contributed by atoms with Crippen molar-refractivity contribution in [2.45, 2.75) is 36.2 Å². The van der Waals surface area contributed by atoms with Gasteiger partial charge in [-0.3, -0.25) is 10.1 Å². The van der Waals surface area contributed by atoms with Gasteiger partial charge in [0.15, 0.2) is 0 Å². The van der Waals surface area contributed by atoms with E-state index in [1.165, 1.54) is 30.3 Å². The van der Waals surface area contributed by atoms with Crippen LogP contribution in [0.2, 0.25) is 0 Å². The van der Waals surface area contributed by atoms with E-state index in [1.807, 2.05) is 13.8 Å². The summed E-state index contributed by atoms with van der Waals surface area (Å²) in [6.45, 7) is 3.91. The van der Waals surface area contributed by atoms with E-state index in [0.717, 1.165) is 17.7 Å². The highest BCUT2D eigenvalue weighted by molar-refractivity contribution is 8.04. The number of hydrogen-bond donors (Lipinski definition) is 3. The lowest BCUT2D eigenvalue weighted by Crippen LogP contribution is -2.30. The number of aliphatic hydroxyl groups is 1. The molecule has 0 aliphatic heterocycles. The molecular weight excluding hydrogens is 610 g/mol. The number of hydrogen-bond acceptors (Lipinski definition) is 11. The van der Waals surface area contributed by atoms with Crippen LogP contribution in [0.25, 0.3) is 0 Å². The molecule has 0 bridgehead atoms. The summed E-state index contributed by atoms with van der Waals surface area (Å²) in [4.78, 5) is 10.1. The zero-order valence-electron chi connectivity index (χ0n) is 23.6. The van der Waals surface area contributed by atoms with Crippen LogP contribution in [0.3, 0.4) is 0 Å². The molecule has 230 valence electrons. The average Bonchev–Trinajstić information content (AvgIpc) is 3.00. The Kier molecular flexibility index (Phi) is 10.1. The maximum Gasteiger partial charge on any atom is 0.294 e. The molecule has 0 saturated heterocycles. The van der Waals surface area contributed by atoms with Crippen molar-refractivity contribution in [2.75, 3.05) is 11.9 Å². The van der Waals surface area contributed by atoms with E-state index in [2.05, 4.69) is 15.5 Å². The lowest BCUT2D eigenvalue weighted by atomic mass is 10.2. The lowest BCUT2D eigenvalue weighted by molar-refractivity contribution is -0.384. The van der Waals surface area contributed by atoms with Crippen LogP contribution < -0.4 is 14.2 Å². The summed E-state index contributed by atoms with van der Waals surface area (Å²) in [7, 11) is -9.12. The SMILES string of the molecule is CC[C@H](O)COc1ccc(N=Nc2ccc(Nc3ccc(S(=O)(=O)NS(=O)(=O)c4ccccc4)cc3[N+](=O)[O-])cc2)c(C)c1. The van der Waals surface area contributed by atoms with E-state index < -0.39 is 41.7 Å². The highest BCUT2D eigenvalue weighted by atomic mass is 32.3. The summed E-state index contributed by atoms with van der Waals surface area (Å²) in [5, 5.41) is 32.8. The summed E-state index contributed by atoms with van der Waals surface area (Å²) < 4.78 is 57.8. The van der Waals surface area contributed by atoms with Gasteiger partial charge in [0.05, 0.1) is 32.2 Å². The molecule has 4 rings (SSSR count). The predicted octanol–water partition coefficient (Wildman–Crippen LogP) is 5.88. The highest BCUT2D eigenvalue weighted by Crippen LogP contribution is 2.32. The fourth-order valence-electron chi connectivity index (χ4n) is 3.79. The molecule has 0 amide bonds. The Morgan fingerprint density at radius 1 is 0.886 bits per heavy atom. The molecule has 0 unspecified atom stereocenters. The number of nitrogens with zero attached hydrogens (tertiary/aromatic N) is 3. The molecule has 3 N–H and O–H groups in total. The second kappa shape index (κ2) is 13.7. The largest absolute Gasteiger partial charge is 0.491 e. The van der Waals surface area contributed by atoms with E-state index in [4.69, 9.17) is 4.74 Å². The molecule has 0 aliphatic rings. The van der Waals surface area contributed by atoms with E-state index in [-0.39, 0.29) is 17.2 Å². The van der Waals surface area contributed by atoms with Crippen LogP contribution in [-0.4, -0.2) is 39.6 Å². The monoisotopic (exact) mass is 639 g/mol. The molecule has 13 nitrogen and oxygen atoms in total. The smallest absolute Gasteiger partial charge is 0.294 e. The quantitative estimate of drug-likeness (QED) is 0.0911. The van der Waals surface area contributed by atoms with E-state index in [9.17, 15) is 32.1 Å². The summed E-state index contributed by atoms with van der Waals surface area (Å²) in [5.41, 5.74) is 1.79. The van der Waals surface area contributed by atoms with Crippen LogP contribution in [0.5, 0.6) is 5.75 Å². The number of nitro benzene ring substituents is 1. The van der Waals surface area contributed by atoms with E-state index in [0.29, 0.717) is 29.2 Å². The van der Waals surface area contributed by atoms with Crippen molar-refractivity contribution in [1.29, 1.82) is 0 Å². The molecular formula is C29H29N5O8S2. The third kappa shape index (κ3) is 8.23. The van der Waals surface area contributed by atoms with Crippen molar-refractivity contribution in [1.82, 2.24) is 4.13 Å². The number of azo groups is 1. The molecule has 1 atom stereocenters. The van der Waals surface area contributed by atoms with Gasteiger partial charge in [0.1, 0.15) is 18.0 Å². The third-order valence-electron chi connectivity index (χ3n) is 6.25. The minimum absolute atomic E-state index is 0.0152. The minimum Gasteiger partial charge on any atom is -0.491 e. The van der Waals surface area contributed by atoms with Gasteiger partial charge in [-0.05, 0) is 85.6 Å². The van der Waals surface area contributed by atoms with Gasteiger partial charge in [-0.2, -0.15) is 10.2 Å². The van der Waals surface area contributed by atoms with Gasteiger partial charge in [-0.25, -0.2) is 16.8 Å². The Balaban J connectivity index is 1.46. The summed E-state index contributed by atoms with van der Waals surface area (Å²) in [5.74, 6) is 0.609. The first-order chi connectivity index (χ1) is 20.9.